The van der Waals surface area contributed by atoms with Crippen molar-refractivity contribution < 1.29 is 9.59 Å². The van der Waals surface area contributed by atoms with Crippen LogP contribution in [0, 0.1) is 6.92 Å². The van der Waals surface area contributed by atoms with Crippen LogP contribution >= 0.6 is 15.9 Å². The van der Waals surface area contributed by atoms with Gasteiger partial charge in [0.1, 0.15) is 0 Å². The zero-order valence-corrected chi connectivity index (χ0v) is 17.1. The fraction of sp³-hybridized carbons (Fsp3) is 0.130. The van der Waals surface area contributed by atoms with Crippen LogP contribution in [0.3, 0.4) is 0 Å². The molecule has 142 valence electrons. The topological polar surface area (TPSA) is 58.2 Å². The van der Waals surface area contributed by atoms with E-state index in [1.165, 1.54) is 0 Å². The minimum Gasteiger partial charge on any atom is -0.347 e. The van der Waals surface area contributed by atoms with Crippen LogP contribution < -0.4 is 10.6 Å². The summed E-state index contributed by atoms with van der Waals surface area (Å²) in [4.78, 5) is 24.6. The second kappa shape index (κ2) is 9.33. The molecule has 0 aliphatic rings. The summed E-state index contributed by atoms with van der Waals surface area (Å²) in [5.41, 5.74) is 3.73. The van der Waals surface area contributed by atoms with Gasteiger partial charge >= 0.3 is 11.8 Å². The van der Waals surface area contributed by atoms with E-state index in [2.05, 4.69) is 26.6 Å². The van der Waals surface area contributed by atoms with Gasteiger partial charge in [-0.3, -0.25) is 9.59 Å². The van der Waals surface area contributed by atoms with Gasteiger partial charge in [0.05, 0.1) is 0 Å². The van der Waals surface area contributed by atoms with E-state index in [1.54, 1.807) is 6.07 Å². The maximum Gasteiger partial charge on any atom is 0.313 e. The first kappa shape index (κ1) is 19.8. The molecule has 3 aromatic rings. The Labute approximate surface area is 173 Å². The Morgan fingerprint density at radius 1 is 0.857 bits per heavy atom. The van der Waals surface area contributed by atoms with Gasteiger partial charge in [0.15, 0.2) is 0 Å². The van der Waals surface area contributed by atoms with E-state index in [0.29, 0.717) is 12.2 Å². The minimum absolute atomic E-state index is 0.0333. The van der Waals surface area contributed by atoms with Crippen molar-refractivity contribution in [2.24, 2.45) is 0 Å². The van der Waals surface area contributed by atoms with Crippen molar-refractivity contribution in [1.29, 1.82) is 0 Å². The van der Waals surface area contributed by atoms with E-state index in [-0.39, 0.29) is 5.92 Å². The van der Waals surface area contributed by atoms with E-state index in [1.807, 2.05) is 79.7 Å². The first-order valence-corrected chi connectivity index (χ1v) is 9.79. The highest BCUT2D eigenvalue weighted by Gasteiger charge is 2.19. The Hall–Kier alpha value is -2.92. The summed E-state index contributed by atoms with van der Waals surface area (Å²) < 4.78 is 0.948. The minimum atomic E-state index is -0.679. The van der Waals surface area contributed by atoms with Crippen LogP contribution in [0.4, 0.5) is 5.69 Å². The van der Waals surface area contributed by atoms with Crippen LogP contribution in [-0.4, -0.2) is 18.4 Å². The molecule has 3 rings (SSSR count). The average molecular weight is 437 g/mol. The van der Waals surface area contributed by atoms with E-state index in [4.69, 9.17) is 0 Å². The zero-order valence-electron chi connectivity index (χ0n) is 15.5. The standard InChI is InChI=1S/C23H21BrN2O2/c1-16-14-19(12-13-21(16)24)26-23(28)22(27)25-15-20(17-8-4-2-5-9-17)18-10-6-3-7-11-18/h2-14,20H,15H2,1H3,(H,25,27)(H,26,28). The van der Waals surface area contributed by atoms with Gasteiger partial charge in [0, 0.05) is 22.6 Å². The fourth-order valence-corrected chi connectivity index (χ4v) is 3.23. The summed E-state index contributed by atoms with van der Waals surface area (Å²) in [5, 5.41) is 5.41. The number of rotatable bonds is 5. The van der Waals surface area contributed by atoms with E-state index in [0.717, 1.165) is 21.2 Å². The molecule has 0 fully saturated rings. The summed E-state index contributed by atoms with van der Waals surface area (Å²) in [6.07, 6.45) is 0. The number of carbonyl (C=O) groups is 2. The monoisotopic (exact) mass is 436 g/mol. The van der Waals surface area contributed by atoms with Crippen LogP contribution in [0.5, 0.6) is 0 Å². The number of carbonyl (C=O) groups excluding carboxylic acids is 2. The second-order valence-corrected chi connectivity index (χ2v) is 7.36. The van der Waals surface area contributed by atoms with Crippen molar-refractivity contribution >= 4 is 33.4 Å². The second-order valence-electron chi connectivity index (χ2n) is 6.50. The van der Waals surface area contributed by atoms with Gasteiger partial charge in [-0.1, -0.05) is 76.6 Å². The molecule has 0 aromatic heterocycles. The molecule has 4 nitrogen and oxygen atoms in total. The summed E-state index contributed by atoms with van der Waals surface area (Å²) >= 11 is 3.42. The molecule has 0 bridgehead atoms. The van der Waals surface area contributed by atoms with Gasteiger partial charge in [0.25, 0.3) is 0 Å². The lowest BCUT2D eigenvalue weighted by atomic mass is 9.91. The number of hydrogen-bond acceptors (Lipinski definition) is 2. The third-order valence-corrected chi connectivity index (χ3v) is 5.38. The SMILES string of the molecule is Cc1cc(NC(=O)C(=O)NCC(c2ccccc2)c2ccccc2)ccc1Br. The number of halogens is 1. The maximum absolute atomic E-state index is 12.3. The Morgan fingerprint density at radius 3 is 1.96 bits per heavy atom. The van der Waals surface area contributed by atoms with Crippen LogP contribution in [0.15, 0.2) is 83.3 Å². The first-order chi connectivity index (χ1) is 13.5. The highest BCUT2D eigenvalue weighted by atomic mass is 79.9. The van der Waals surface area contributed by atoms with Crippen LogP contribution in [0.1, 0.15) is 22.6 Å². The van der Waals surface area contributed by atoms with Gasteiger partial charge in [-0.2, -0.15) is 0 Å². The van der Waals surface area contributed by atoms with Gasteiger partial charge in [-0.25, -0.2) is 0 Å². The lowest BCUT2D eigenvalue weighted by Crippen LogP contribution is -2.37. The van der Waals surface area contributed by atoms with Gasteiger partial charge in [0.2, 0.25) is 0 Å². The van der Waals surface area contributed by atoms with Crippen LogP contribution in [-0.2, 0) is 9.59 Å². The number of hydrogen-bond donors (Lipinski definition) is 2. The van der Waals surface area contributed by atoms with E-state index < -0.39 is 11.8 Å². The van der Waals surface area contributed by atoms with Crippen molar-refractivity contribution in [2.45, 2.75) is 12.8 Å². The molecule has 0 saturated heterocycles. The smallest absolute Gasteiger partial charge is 0.313 e. The maximum atomic E-state index is 12.3. The zero-order chi connectivity index (χ0) is 19.9. The summed E-state index contributed by atoms with van der Waals surface area (Å²) in [6, 6.07) is 25.3. The van der Waals surface area contributed by atoms with Gasteiger partial charge in [-0.05, 0) is 41.8 Å². The normalized spacial score (nSPS) is 10.5. The van der Waals surface area contributed by atoms with Crippen molar-refractivity contribution in [3.63, 3.8) is 0 Å². The molecule has 0 aliphatic carbocycles. The third-order valence-electron chi connectivity index (χ3n) is 4.49. The number of aryl methyl sites for hydroxylation is 1. The van der Waals surface area contributed by atoms with Gasteiger partial charge < -0.3 is 10.6 Å². The quantitative estimate of drug-likeness (QED) is 0.572. The Morgan fingerprint density at radius 2 is 1.43 bits per heavy atom. The largest absolute Gasteiger partial charge is 0.347 e. The lowest BCUT2D eigenvalue weighted by molar-refractivity contribution is -0.136. The molecule has 2 amide bonds. The highest BCUT2D eigenvalue weighted by Crippen LogP contribution is 2.24. The van der Waals surface area contributed by atoms with E-state index >= 15 is 0 Å². The molecule has 0 saturated carbocycles. The molecule has 2 N–H and O–H groups in total. The summed E-state index contributed by atoms with van der Waals surface area (Å²) in [7, 11) is 0. The molecule has 3 aromatic carbocycles. The average Bonchev–Trinajstić information content (AvgIpc) is 2.72. The lowest BCUT2D eigenvalue weighted by Gasteiger charge is -2.18. The fourth-order valence-electron chi connectivity index (χ4n) is 2.98. The molecule has 28 heavy (non-hydrogen) atoms. The third kappa shape index (κ3) is 5.08. The van der Waals surface area contributed by atoms with Crippen molar-refractivity contribution in [3.8, 4) is 0 Å². The van der Waals surface area contributed by atoms with Crippen molar-refractivity contribution in [1.82, 2.24) is 5.32 Å². The van der Waals surface area contributed by atoms with Crippen molar-refractivity contribution in [3.05, 3.63) is 100 Å². The molecule has 0 atom stereocenters. The predicted octanol–water partition coefficient (Wildman–Crippen LogP) is 4.64. The number of nitrogens with one attached hydrogen (secondary N) is 2. The molecule has 0 radical (unpaired) electrons. The highest BCUT2D eigenvalue weighted by molar-refractivity contribution is 9.10. The van der Waals surface area contributed by atoms with Crippen LogP contribution in [0.25, 0.3) is 0 Å². The van der Waals surface area contributed by atoms with Crippen LogP contribution in [0.2, 0.25) is 0 Å². The molecule has 0 aliphatic heterocycles. The Kier molecular flexibility index (Phi) is 6.61. The van der Waals surface area contributed by atoms with Crippen molar-refractivity contribution in [2.75, 3.05) is 11.9 Å². The molecule has 0 heterocycles. The number of benzene rings is 3. The summed E-state index contributed by atoms with van der Waals surface area (Å²) in [5.74, 6) is -1.37. The molecule has 0 spiro atoms. The molecule has 0 unspecified atom stereocenters. The molecular weight excluding hydrogens is 416 g/mol. The van der Waals surface area contributed by atoms with Gasteiger partial charge in [-0.15, -0.1) is 0 Å². The Bertz CT molecular complexity index is 919. The number of anilines is 1. The Balaban J connectivity index is 1.68. The summed E-state index contributed by atoms with van der Waals surface area (Å²) in [6.45, 7) is 2.25. The van der Waals surface area contributed by atoms with E-state index in [9.17, 15) is 9.59 Å². The predicted molar refractivity (Wildman–Crippen MR) is 115 cm³/mol. The molecule has 5 heteroatoms. The molecular formula is C23H21BrN2O2. The first-order valence-electron chi connectivity index (χ1n) is 9.00. The number of amides is 2.